The molecule has 0 aliphatic carbocycles. The van der Waals surface area contributed by atoms with Crippen LogP contribution in [-0.4, -0.2) is 33.3 Å². The van der Waals surface area contributed by atoms with E-state index in [1.165, 1.54) is 13.3 Å². The fraction of sp³-hybridized carbons (Fsp3) is 0.250. The van der Waals surface area contributed by atoms with Crippen molar-refractivity contribution in [2.75, 3.05) is 26.1 Å². The van der Waals surface area contributed by atoms with Crippen molar-refractivity contribution < 1.29 is 13.9 Å². The highest BCUT2D eigenvalue weighted by Crippen LogP contribution is 2.16. The van der Waals surface area contributed by atoms with Gasteiger partial charge in [-0.25, -0.2) is 5.43 Å². The van der Waals surface area contributed by atoms with Crippen LogP contribution in [0.4, 0.5) is 5.88 Å². The summed E-state index contributed by atoms with van der Waals surface area (Å²) in [6, 6.07) is 12.8. The number of nitrogens with zero attached hydrogens (tertiary/aromatic N) is 2. The van der Waals surface area contributed by atoms with E-state index in [4.69, 9.17) is 9.15 Å². The lowest BCUT2D eigenvalue weighted by Gasteiger charge is -2.13. The highest BCUT2D eigenvalue weighted by atomic mass is 16.5. The van der Waals surface area contributed by atoms with Crippen LogP contribution in [0.1, 0.15) is 17.4 Å². The van der Waals surface area contributed by atoms with Crippen LogP contribution in [0.5, 0.6) is 0 Å². The molecule has 1 aromatic carbocycles. The molecule has 0 saturated heterocycles. The van der Waals surface area contributed by atoms with Gasteiger partial charge in [0.25, 0.3) is 5.91 Å². The van der Waals surface area contributed by atoms with Gasteiger partial charge in [0.15, 0.2) is 12.0 Å². The van der Waals surface area contributed by atoms with Gasteiger partial charge in [-0.2, -0.15) is 5.10 Å². The van der Waals surface area contributed by atoms with Gasteiger partial charge in [0, 0.05) is 27.3 Å². The largest absolute Gasteiger partial charge is 0.440 e. The average molecular weight is 301 g/mol. The van der Waals surface area contributed by atoms with Crippen molar-refractivity contribution in [1.82, 2.24) is 5.43 Å². The molecule has 0 bridgehead atoms. The number of hydrazone groups is 1. The van der Waals surface area contributed by atoms with Gasteiger partial charge in [-0.1, -0.05) is 30.3 Å². The molecule has 1 aromatic heterocycles. The summed E-state index contributed by atoms with van der Waals surface area (Å²) in [7, 11) is 5.24. The van der Waals surface area contributed by atoms with Crippen LogP contribution in [0.25, 0.3) is 0 Å². The van der Waals surface area contributed by atoms with E-state index in [2.05, 4.69) is 10.5 Å². The predicted octanol–water partition coefficient (Wildman–Crippen LogP) is 2.18. The number of furan rings is 1. The number of carbonyl (C=O) groups excluding carboxylic acids is 1. The molecule has 1 N–H and O–H groups in total. The maximum Gasteiger partial charge on any atom is 0.273 e. The van der Waals surface area contributed by atoms with Crippen molar-refractivity contribution >= 4 is 18.0 Å². The fourth-order valence-electron chi connectivity index (χ4n) is 1.89. The van der Waals surface area contributed by atoms with E-state index in [0.717, 1.165) is 5.56 Å². The summed E-state index contributed by atoms with van der Waals surface area (Å²) in [5.74, 6) is 0.925. The first-order valence-corrected chi connectivity index (χ1v) is 6.79. The third-order valence-electron chi connectivity index (χ3n) is 3.00. The number of nitrogens with one attached hydrogen (secondary N) is 1. The Bertz CT molecular complexity index is 635. The highest BCUT2D eigenvalue weighted by molar-refractivity contribution is 5.84. The fourth-order valence-corrected chi connectivity index (χ4v) is 1.89. The average Bonchev–Trinajstić information content (AvgIpc) is 2.98. The highest BCUT2D eigenvalue weighted by Gasteiger charge is 2.19. The zero-order chi connectivity index (χ0) is 15.9. The van der Waals surface area contributed by atoms with Gasteiger partial charge in [0.05, 0.1) is 6.21 Å². The third kappa shape index (κ3) is 3.95. The lowest BCUT2D eigenvalue weighted by Crippen LogP contribution is -2.26. The van der Waals surface area contributed by atoms with Crippen LogP contribution in [-0.2, 0) is 9.53 Å². The van der Waals surface area contributed by atoms with Gasteiger partial charge in [-0.15, -0.1) is 0 Å². The standard InChI is InChI=1S/C16H19N3O3/c1-19(2)14-10-9-13(22-14)11-17-18-16(20)15(21-3)12-7-5-4-6-8-12/h4-11,15H,1-3H3,(H,18,20)/b17-11-/t15-/m1/s1. The molecule has 22 heavy (non-hydrogen) atoms. The molecule has 0 fully saturated rings. The van der Waals surface area contributed by atoms with Crippen molar-refractivity contribution in [3.05, 3.63) is 53.8 Å². The van der Waals surface area contributed by atoms with E-state index in [-0.39, 0.29) is 5.91 Å². The Morgan fingerprint density at radius 1 is 1.27 bits per heavy atom. The number of anilines is 1. The SMILES string of the molecule is CO[C@@H](C(=O)N/N=C\c1ccc(N(C)C)o1)c1ccccc1. The van der Waals surface area contributed by atoms with Crippen LogP contribution in [0.3, 0.4) is 0 Å². The first-order chi connectivity index (χ1) is 10.6. The summed E-state index contributed by atoms with van der Waals surface area (Å²) >= 11 is 0. The van der Waals surface area contributed by atoms with E-state index in [1.54, 1.807) is 6.07 Å². The molecular weight excluding hydrogens is 282 g/mol. The smallest absolute Gasteiger partial charge is 0.273 e. The minimum absolute atomic E-state index is 0.343. The molecular formula is C16H19N3O3. The topological polar surface area (TPSA) is 67.1 Å². The normalized spacial score (nSPS) is 12.3. The van der Waals surface area contributed by atoms with Gasteiger partial charge in [-0.3, -0.25) is 4.79 Å². The monoisotopic (exact) mass is 301 g/mol. The van der Waals surface area contributed by atoms with E-state index >= 15 is 0 Å². The Kier molecular flexibility index (Phi) is 5.32. The number of methoxy groups -OCH3 is 1. The summed E-state index contributed by atoms with van der Waals surface area (Å²) in [6.45, 7) is 0. The lowest BCUT2D eigenvalue weighted by atomic mass is 10.1. The summed E-state index contributed by atoms with van der Waals surface area (Å²) in [5, 5.41) is 3.89. The number of hydrogen-bond donors (Lipinski definition) is 1. The van der Waals surface area contributed by atoms with E-state index in [1.807, 2.05) is 55.4 Å². The van der Waals surface area contributed by atoms with E-state index < -0.39 is 6.10 Å². The predicted molar refractivity (Wildman–Crippen MR) is 85.0 cm³/mol. The van der Waals surface area contributed by atoms with Gasteiger partial charge in [-0.05, 0) is 11.6 Å². The molecule has 0 aliphatic rings. The first kappa shape index (κ1) is 15.8. The summed E-state index contributed by atoms with van der Waals surface area (Å²) in [4.78, 5) is 13.9. The molecule has 0 unspecified atom stereocenters. The molecule has 1 amide bonds. The Hall–Kier alpha value is -2.60. The van der Waals surface area contributed by atoms with Gasteiger partial charge in [0.2, 0.25) is 0 Å². The van der Waals surface area contributed by atoms with Crippen LogP contribution < -0.4 is 10.3 Å². The molecule has 2 aromatic rings. The van der Waals surface area contributed by atoms with Crippen molar-refractivity contribution in [2.45, 2.75) is 6.10 Å². The van der Waals surface area contributed by atoms with Gasteiger partial charge >= 0.3 is 0 Å². The minimum atomic E-state index is -0.702. The zero-order valence-electron chi connectivity index (χ0n) is 12.8. The molecule has 0 aliphatic heterocycles. The molecule has 0 spiro atoms. The van der Waals surface area contributed by atoms with Crippen molar-refractivity contribution in [3.63, 3.8) is 0 Å². The number of ether oxygens (including phenoxy) is 1. The minimum Gasteiger partial charge on any atom is -0.440 e. The molecule has 0 radical (unpaired) electrons. The van der Waals surface area contributed by atoms with Crippen LogP contribution in [0.2, 0.25) is 0 Å². The second-order valence-electron chi connectivity index (χ2n) is 4.83. The van der Waals surface area contributed by atoms with Crippen LogP contribution >= 0.6 is 0 Å². The van der Waals surface area contributed by atoms with Crippen molar-refractivity contribution in [2.24, 2.45) is 5.10 Å². The number of amides is 1. The number of carbonyl (C=O) groups is 1. The zero-order valence-corrected chi connectivity index (χ0v) is 12.8. The Morgan fingerprint density at radius 2 is 2.00 bits per heavy atom. The maximum absolute atomic E-state index is 12.1. The number of rotatable bonds is 6. The molecule has 0 saturated carbocycles. The van der Waals surface area contributed by atoms with E-state index in [9.17, 15) is 4.79 Å². The summed E-state index contributed by atoms with van der Waals surface area (Å²) in [6.07, 6.45) is 0.745. The first-order valence-electron chi connectivity index (χ1n) is 6.79. The van der Waals surface area contributed by atoms with Crippen LogP contribution in [0, 0.1) is 0 Å². The Labute approximate surface area is 129 Å². The Morgan fingerprint density at radius 3 is 2.59 bits per heavy atom. The third-order valence-corrected chi connectivity index (χ3v) is 3.00. The molecule has 116 valence electrons. The molecule has 2 rings (SSSR count). The van der Waals surface area contributed by atoms with Crippen molar-refractivity contribution in [1.29, 1.82) is 0 Å². The quantitative estimate of drug-likeness (QED) is 0.656. The lowest BCUT2D eigenvalue weighted by molar-refractivity contribution is -0.131. The second-order valence-corrected chi connectivity index (χ2v) is 4.83. The van der Waals surface area contributed by atoms with Gasteiger partial charge in [0.1, 0.15) is 5.76 Å². The van der Waals surface area contributed by atoms with E-state index in [0.29, 0.717) is 11.6 Å². The summed E-state index contributed by atoms with van der Waals surface area (Å²) < 4.78 is 10.7. The van der Waals surface area contributed by atoms with Gasteiger partial charge < -0.3 is 14.1 Å². The number of hydrogen-bond acceptors (Lipinski definition) is 5. The molecule has 1 heterocycles. The molecule has 6 heteroatoms. The van der Waals surface area contributed by atoms with Crippen molar-refractivity contribution in [3.8, 4) is 0 Å². The Balaban J connectivity index is 1.97. The second kappa shape index (κ2) is 7.42. The van der Waals surface area contributed by atoms with Crippen LogP contribution in [0.15, 0.2) is 52.0 Å². The summed E-state index contributed by atoms with van der Waals surface area (Å²) in [5.41, 5.74) is 3.22. The number of benzene rings is 1. The molecule has 6 nitrogen and oxygen atoms in total. The maximum atomic E-state index is 12.1. The molecule has 1 atom stereocenters.